The van der Waals surface area contributed by atoms with Gasteiger partial charge in [-0.2, -0.15) is 0 Å². The van der Waals surface area contributed by atoms with Gasteiger partial charge in [0.05, 0.1) is 29.2 Å². The van der Waals surface area contributed by atoms with Gasteiger partial charge in [-0.25, -0.2) is 17.8 Å². The number of benzene rings is 1. The van der Waals surface area contributed by atoms with Gasteiger partial charge in [-0.15, -0.1) is 0 Å². The number of aromatic nitrogens is 1. The highest BCUT2D eigenvalue weighted by molar-refractivity contribution is 7.91. The monoisotopic (exact) mass is 394 g/mol. The molecule has 2 aromatic rings. The van der Waals surface area contributed by atoms with E-state index in [0.717, 1.165) is 12.8 Å². The fourth-order valence-electron chi connectivity index (χ4n) is 3.27. The van der Waals surface area contributed by atoms with Crippen LogP contribution in [-0.2, 0) is 21.1 Å². The van der Waals surface area contributed by atoms with Gasteiger partial charge in [-0.3, -0.25) is 4.79 Å². The number of oxazole rings is 1. The first-order chi connectivity index (χ1) is 12.8. The highest BCUT2D eigenvalue weighted by Crippen LogP contribution is 2.24. The van der Waals surface area contributed by atoms with E-state index in [1.807, 2.05) is 0 Å². The quantitative estimate of drug-likeness (QED) is 0.730. The Bertz CT molecular complexity index is 924. The average Bonchev–Trinajstić information content (AvgIpc) is 3.14. The van der Waals surface area contributed by atoms with Crippen LogP contribution in [0.2, 0.25) is 0 Å². The molecule has 27 heavy (non-hydrogen) atoms. The standard InChI is InChI=1S/C19H23FN2O4S/c1-13-17(22-19(26-13)15-6-2-3-7-16(15)20)11-18(23)21-9-4-5-14-8-10-27(24,25)12-14/h2-3,6-7,14H,4-5,8-12H2,1H3,(H,21,23). The first kappa shape index (κ1) is 19.5. The maximum absolute atomic E-state index is 13.8. The van der Waals surface area contributed by atoms with Crippen molar-refractivity contribution in [2.45, 2.75) is 32.6 Å². The summed E-state index contributed by atoms with van der Waals surface area (Å²) >= 11 is 0. The van der Waals surface area contributed by atoms with E-state index >= 15 is 0 Å². The number of hydrogen-bond donors (Lipinski definition) is 1. The Balaban J connectivity index is 1.48. The summed E-state index contributed by atoms with van der Waals surface area (Å²) in [5.41, 5.74) is 0.742. The van der Waals surface area contributed by atoms with Crippen molar-refractivity contribution in [2.24, 2.45) is 5.92 Å². The summed E-state index contributed by atoms with van der Waals surface area (Å²) < 4.78 is 42.2. The Morgan fingerprint density at radius 3 is 2.85 bits per heavy atom. The lowest BCUT2D eigenvalue weighted by molar-refractivity contribution is -0.120. The number of aryl methyl sites for hydroxylation is 1. The maximum atomic E-state index is 13.8. The number of nitrogens with one attached hydrogen (secondary N) is 1. The second-order valence-corrected chi connectivity index (χ2v) is 9.17. The van der Waals surface area contributed by atoms with Crippen LogP contribution in [0.25, 0.3) is 11.5 Å². The molecule has 1 aliphatic heterocycles. The third kappa shape index (κ3) is 5.15. The number of sulfone groups is 1. The summed E-state index contributed by atoms with van der Waals surface area (Å²) in [6.07, 6.45) is 2.30. The molecular formula is C19H23FN2O4S. The molecule has 1 atom stereocenters. The summed E-state index contributed by atoms with van der Waals surface area (Å²) in [4.78, 5) is 16.4. The predicted octanol–water partition coefficient (Wildman–Crippen LogP) is 2.66. The molecule has 1 aromatic carbocycles. The zero-order chi connectivity index (χ0) is 19.4. The third-order valence-corrected chi connectivity index (χ3v) is 6.60. The van der Waals surface area contributed by atoms with E-state index in [2.05, 4.69) is 10.3 Å². The fourth-order valence-corrected chi connectivity index (χ4v) is 5.19. The van der Waals surface area contributed by atoms with Crippen LogP contribution in [0.4, 0.5) is 4.39 Å². The highest BCUT2D eigenvalue weighted by Gasteiger charge is 2.27. The Labute approximate surface area is 158 Å². The van der Waals surface area contributed by atoms with Crippen molar-refractivity contribution in [1.29, 1.82) is 0 Å². The van der Waals surface area contributed by atoms with Crippen LogP contribution in [0, 0.1) is 18.7 Å². The molecule has 1 aliphatic rings. The minimum Gasteiger partial charge on any atom is -0.441 e. The van der Waals surface area contributed by atoms with Crippen LogP contribution < -0.4 is 5.32 Å². The maximum Gasteiger partial charge on any atom is 0.229 e. The number of halogens is 1. The lowest BCUT2D eigenvalue weighted by atomic mass is 10.0. The first-order valence-electron chi connectivity index (χ1n) is 9.02. The minimum atomic E-state index is -2.85. The van der Waals surface area contributed by atoms with Crippen LogP contribution in [0.3, 0.4) is 0 Å². The topological polar surface area (TPSA) is 89.3 Å². The van der Waals surface area contributed by atoms with Gasteiger partial charge in [0, 0.05) is 6.54 Å². The molecule has 1 aromatic heterocycles. The number of hydrogen-bond acceptors (Lipinski definition) is 5. The number of nitrogens with zero attached hydrogens (tertiary/aromatic N) is 1. The van der Waals surface area contributed by atoms with E-state index in [1.165, 1.54) is 6.07 Å². The van der Waals surface area contributed by atoms with Gasteiger partial charge in [0.1, 0.15) is 11.6 Å². The molecule has 3 rings (SSSR count). The zero-order valence-electron chi connectivity index (χ0n) is 15.2. The average molecular weight is 394 g/mol. The third-order valence-electron chi connectivity index (χ3n) is 4.76. The van der Waals surface area contributed by atoms with Gasteiger partial charge in [0.25, 0.3) is 0 Å². The van der Waals surface area contributed by atoms with E-state index in [-0.39, 0.29) is 41.2 Å². The zero-order valence-corrected chi connectivity index (χ0v) is 16.0. The second kappa shape index (κ2) is 8.21. The second-order valence-electron chi connectivity index (χ2n) is 6.94. The molecule has 0 radical (unpaired) electrons. The molecule has 6 nitrogen and oxygen atoms in total. The molecule has 0 aliphatic carbocycles. The van der Waals surface area contributed by atoms with Gasteiger partial charge in [0.2, 0.25) is 11.8 Å². The Kier molecular flexibility index (Phi) is 5.94. The van der Waals surface area contributed by atoms with Crippen LogP contribution >= 0.6 is 0 Å². The van der Waals surface area contributed by atoms with Crippen LogP contribution in [0.1, 0.15) is 30.7 Å². The molecule has 0 bridgehead atoms. The first-order valence-corrected chi connectivity index (χ1v) is 10.8. The Morgan fingerprint density at radius 1 is 1.37 bits per heavy atom. The number of rotatable bonds is 7. The molecule has 146 valence electrons. The van der Waals surface area contributed by atoms with E-state index in [1.54, 1.807) is 25.1 Å². The molecular weight excluding hydrogens is 371 g/mol. The summed E-state index contributed by atoms with van der Waals surface area (Å²) in [6, 6.07) is 6.19. The van der Waals surface area contributed by atoms with Crippen LogP contribution in [-0.4, -0.2) is 37.4 Å². The summed E-state index contributed by atoms with van der Waals surface area (Å²) in [6.45, 7) is 2.19. The molecule has 1 amide bonds. The molecule has 8 heteroatoms. The number of carbonyl (C=O) groups excluding carboxylic acids is 1. The lowest BCUT2D eigenvalue weighted by Gasteiger charge is -2.08. The lowest BCUT2D eigenvalue weighted by Crippen LogP contribution is -2.26. The largest absolute Gasteiger partial charge is 0.441 e. The van der Waals surface area contributed by atoms with Gasteiger partial charge in [0.15, 0.2) is 9.84 Å². The van der Waals surface area contributed by atoms with Crippen molar-refractivity contribution in [3.63, 3.8) is 0 Å². The number of carbonyl (C=O) groups is 1. The number of amides is 1. The van der Waals surface area contributed by atoms with Gasteiger partial charge in [-0.1, -0.05) is 12.1 Å². The normalized spacial score (nSPS) is 18.5. The van der Waals surface area contributed by atoms with E-state index in [9.17, 15) is 17.6 Å². The van der Waals surface area contributed by atoms with Crippen molar-refractivity contribution in [1.82, 2.24) is 10.3 Å². The van der Waals surface area contributed by atoms with Crippen LogP contribution in [0.5, 0.6) is 0 Å². The SMILES string of the molecule is Cc1oc(-c2ccccc2F)nc1CC(=O)NCCCC1CCS(=O)(=O)C1. The van der Waals surface area contributed by atoms with Gasteiger partial charge in [-0.05, 0) is 44.2 Å². The fraction of sp³-hybridized carbons (Fsp3) is 0.474. The van der Waals surface area contributed by atoms with Gasteiger partial charge < -0.3 is 9.73 Å². The molecule has 1 unspecified atom stereocenters. The van der Waals surface area contributed by atoms with Gasteiger partial charge >= 0.3 is 0 Å². The molecule has 2 heterocycles. The Hall–Kier alpha value is -2.22. The summed E-state index contributed by atoms with van der Waals surface area (Å²) in [5.74, 6) is 0.773. The van der Waals surface area contributed by atoms with E-state index < -0.39 is 15.7 Å². The highest BCUT2D eigenvalue weighted by atomic mass is 32.2. The molecule has 1 N–H and O–H groups in total. The van der Waals surface area contributed by atoms with E-state index in [4.69, 9.17) is 4.42 Å². The van der Waals surface area contributed by atoms with Crippen molar-refractivity contribution in [3.8, 4) is 11.5 Å². The molecule has 1 fully saturated rings. The van der Waals surface area contributed by atoms with Crippen molar-refractivity contribution < 1.29 is 22.0 Å². The minimum absolute atomic E-state index is 0.0571. The van der Waals surface area contributed by atoms with Crippen molar-refractivity contribution >= 4 is 15.7 Å². The smallest absolute Gasteiger partial charge is 0.229 e. The molecule has 0 saturated carbocycles. The van der Waals surface area contributed by atoms with Crippen LogP contribution in [0.15, 0.2) is 28.7 Å². The summed E-state index contributed by atoms with van der Waals surface area (Å²) in [5, 5.41) is 2.82. The summed E-state index contributed by atoms with van der Waals surface area (Å²) in [7, 11) is -2.85. The Morgan fingerprint density at radius 2 is 2.15 bits per heavy atom. The van der Waals surface area contributed by atoms with Crippen molar-refractivity contribution in [2.75, 3.05) is 18.1 Å². The predicted molar refractivity (Wildman–Crippen MR) is 99.3 cm³/mol. The van der Waals surface area contributed by atoms with E-state index in [0.29, 0.717) is 24.4 Å². The van der Waals surface area contributed by atoms with Crippen molar-refractivity contribution in [3.05, 3.63) is 41.5 Å². The molecule has 1 saturated heterocycles. The molecule has 0 spiro atoms.